The van der Waals surface area contributed by atoms with Crippen molar-refractivity contribution in [1.82, 2.24) is 14.9 Å². The fourth-order valence-electron chi connectivity index (χ4n) is 2.80. The van der Waals surface area contributed by atoms with Crippen LogP contribution < -0.4 is 5.32 Å². The lowest BCUT2D eigenvalue weighted by molar-refractivity contribution is -0.128. The van der Waals surface area contributed by atoms with Gasteiger partial charge in [0.2, 0.25) is 5.91 Å². The van der Waals surface area contributed by atoms with Gasteiger partial charge in [0.15, 0.2) is 0 Å². The second-order valence-electron chi connectivity index (χ2n) is 5.51. The van der Waals surface area contributed by atoms with Gasteiger partial charge >= 0.3 is 0 Å². The minimum atomic E-state index is 0.0764. The Bertz CT molecular complexity index is 467. The minimum Gasteiger partial charge on any atom is -0.395 e. The van der Waals surface area contributed by atoms with Crippen LogP contribution in [0, 0.1) is 5.92 Å². The van der Waals surface area contributed by atoms with E-state index in [1.165, 1.54) is 0 Å². The van der Waals surface area contributed by atoms with Gasteiger partial charge in [0.1, 0.15) is 5.82 Å². The number of nitrogens with zero attached hydrogens (tertiary/aromatic N) is 3. The van der Waals surface area contributed by atoms with Crippen LogP contribution in [0.3, 0.4) is 0 Å². The van der Waals surface area contributed by atoms with E-state index in [1.807, 2.05) is 4.90 Å². The SMILES string of the molecule is CC(=O)N1CCC[C@H](Cc2nccnc2NCCO)CC1. The van der Waals surface area contributed by atoms with Crippen molar-refractivity contribution in [3.63, 3.8) is 0 Å². The molecule has 116 valence electrons. The van der Waals surface area contributed by atoms with Crippen molar-refractivity contribution in [2.75, 3.05) is 31.6 Å². The van der Waals surface area contributed by atoms with Crippen LogP contribution in [0.1, 0.15) is 31.9 Å². The van der Waals surface area contributed by atoms with Gasteiger partial charge in [-0.05, 0) is 31.6 Å². The highest BCUT2D eigenvalue weighted by Gasteiger charge is 2.20. The highest BCUT2D eigenvalue weighted by molar-refractivity contribution is 5.73. The first-order valence-corrected chi connectivity index (χ1v) is 7.61. The first-order chi connectivity index (χ1) is 10.2. The summed E-state index contributed by atoms with van der Waals surface area (Å²) in [6, 6.07) is 0. The lowest BCUT2D eigenvalue weighted by Crippen LogP contribution is -2.29. The van der Waals surface area contributed by atoms with Crippen molar-refractivity contribution in [3.05, 3.63) is 18.1 Å². The molecule has 1 amide bonds. The molecule has 1 atom stereocenters. The quantitative estimate of drug-likeness (QED) is 0.849. The fourth-order valence-corrected chi connectivity index (χ4v) is 2.80. The molecule has 21 heavy (non-hydrogen) atoms. The number of carbonyl (C=O) groups is 1. The van der Waals surface area contributed by atoms with Crippen LogP contribution >= 0.6 is 0 Å². The molecule has 0 aliphatic carbocycles. The van der Waals surface area contributed by atoms with Gasteiger partial charge in [-0.1, -0.05) is 0 Å². The molecule has 1 fully saturated rings. The summed E-state index contributed by atoms with van der Waals surface area (Å²) in [7, 11) is 0. The standard InChI is InChI=1S/C15H24N4O2/c1-12(21)19-8-2-3-13(4-9-19)11-14-15(18-7-10-20)17-6-5-16-14/h5-6,13,20H,2-4,7-11H2,1H3,(H,17,18)/t13-/m0/s1. The van der Waals surface area contributed by atoms with Gasteiger partial charge in [0.05, 0.1) is 12.3 Å². The van der Waals surface area contributed by atoms with Crippen LogP contribution in [-0.4, -0.2) is 52.1 Å². The first kappa shape index (κ1) is 15.7. The van der Waals surface area contributed by atoms with E-state index in [0.717, 1.165) is 50.3 Å². The summed E-state index contributed by atoms with van der Waals surface area (Å²) < 4.78 is 0. The maximum atomic E-state index is 11.5. The Kier molecular flexibility index (Phi) is 5.92. The zero-order valence-corrected chi connectivity index (χ0v) is 12.6. The van der Waals surface area contributed by atoms with Crippen molar-refractivity contribution < 1.29 is 9.90 Å². The first-order valence-electron chi connectivity index (χ1n) is 7.61. The zero-order valence-electron chi connectivity index (χ0n) is 12.6. The highest BCUT2D eigenvalue weighted by Crippen LogP contribution is 2.23. The van der Waals surface area contributed by atoms with Gasteiger partial charge in [-0.2, -0.15) is 0 Å². The summed E-state index contributed by atoms with van der Waals surface area (Å²) in [6.45, 7) is 3.89. The van der Waals surface area contributed by atoms with E-state index in [9.17, 15) is 4.79 Å². The lowest BCUT2D eigenvalue weighted by Gasteiger charge is -2.18. The average Bonchev–Trinajstić information content (AvgIpc) is 2.72. The zero-order chi connectivity index (χ0) is 15.1. The van der Waals surface area contributed by atoms with E-state index >= 15 is 0 Å². The normalized spacial score (nSPS) is 19.1. The molecule has 2 rings (SSSR count). The van der Waals surface area contributed by atoms with E-state index in [2.05, 4.69) is 15.3 Å². The lowest BCUT2D eigenvalue weighted by atomic mass is 9.95. The summed E-state index contributed by atoms with van der Waals surface area (Å²) >= 11 is 0. The molecule has 0 aromatic carbocycles. The van der Waals surface area contributed by atoms with E-state index in [-0.39, 0.29) is 12.5 Å². The van der Waals surface area contributed by atoms with Gasteiger partial charge in [-0.15, -0.1) is 0 Å². The topological polar surface area (TPSA) is 78.4 Å². The number of nitrogens with one attached hydrogen (secondary N) is 1. The maximum Gasteiger partial charge on any atom is 0.219 e. The minimum absolute atomic E-state index is 0.0764. The summed E-state index contributed by atoms with van der Waals surface area (Å²) in [5, 5.41) is 12.0. The number of hydrogen-bond acceptors (Lipinski definition) is 5. The molecule has 0 unspecified atom stereocenters. The van der Waals surface area contributed by atoms with Crippen molar-refractivity contribution in [3.8, 4) is 0 Å². The monoisotopic (exact) mass is 292 g/mol. The number of aliphatic hydroxyl groups excluding tert-OH is 1. The van der Waals surface area contributed by atoms with Crippen molar-refractivity contribution >= 4 is 11.7 Å². The molecular formula is C15H24N4O2. The van der Waals surface area contributed by atoms with Crippen LogP contribution in [0.25, 0.3) is 0 Å². The van der Waals surface area contributed by atoms with Crippen LogP contribution in [0.15, 0.2) is 12.4 Å². The van der Waals surface area contributed by atoms with E-state index < -0.39 is 0 Å². The predicted octanol–water partition coefficient (Wildman–Crippen LogP) is 1.07. The highest BCUT2D eigenvalue weighted by atomic mass is 16.3. The number of aromatic nitrogens is 2. The van der Waals surface area contributed by atoms with E-state index in [1.54, 1.807) is 19.3 Å². The molecule has 1 aliphatic heterocycles. The molecule has 1 aromatic rings. The molecule has 6 heteroatoms. The molecule has 6 nitrogen and oxygen atoms in total. The molecule has 0 bridgehead atoms. The summed E-state index contributed by atoms with van der Waals surface area (Å²) in [5.41, 5.74) is 0.951. The number of hydrogen-bond donors (Lipinski definition) is 2. The molecule has 0 radical (unpaired) electrons. The number of rotatable bonds is 5. The maximum absolute atomic E-state index is 11.5. The Labute approximate surface area is 125 Å². The second-order valence-corrected chi connectivity index (χ2v) is 5.51. The molecule has 1 aliphatic rings. The van der Waals surface area contributed by atoms with Gasteiger partial charge < -0.3 is 15.3 Å². The molecule has 0 spiro atoms. The molecule has 2 heterocycles. The fraction of sp³-hybridized carbons (Fsp3) is 0.667. The van der Waals surface area contributed by atoms with Crippen molar-refractivity contribution in [2.24, 2.45) is 5.92 Å². The largest absolute Gasteiger partial charge is 0.395 e. The van der Waals surface area contributed by atoms with Gasteiger partial charge in [0, 0.05) is 39.0 Å². The summed E-state index contributed by atoms with van der Waals surface area (Å²) in [6.07, 6.45) is 7.40. The van der Waals surface area contributed by atoms with Gasteiger partial charge in [-0.25, -0.2) is 4.98 Å². The molecule has 1 aromatic heterocycles. The van der Waals surface area contributed by atoms with Crippen molar-refractivity contribution in [1.29, 1.82) is 0 Å². The number of carbonyl (C=O) groups excluding carboxylic acids is 1. The smallest absolute Gasteiger partial charge is 0.219 e. The third-order valence-corrected chi connectivity index (χ3v) is 3.95. The third-order valence-electron chi connectivity index (χ3n) is 3.95. The Balaban J connectivity index is 1.96. The average molecular weight is 292 g/mol. The molecule has 0 saturated carbocycles. The molecule has 1 saturated heterocycles. The third kappa shape index (κ3) is 4.67. The van der Waals surface area contributed by atoms with Gasteiger partial charge in [0.25, 0.3) is 0 Å². The van der Waals surface area contributed by atoms with Crippen LogP contribution in [-0.2, 0) is 11.2 Å². The summed E-state index contributed by atoms with van der Waals surface area (Å²) in [4.78, 5) is 22.1. The molecular weight excluding hydrogens is 268 g/mol. The Morgan fingerprint density at radius 3 is 2.95 bits per heavy atom. The number of anilines is 1. The molecule has 2 N–H and O–H groups in total. The van der Waals surface area contributed by atoms with Crippen LogP contribution in [0.4, 0.5) is 5.82 Å². The number of amides is 1. The second kappa shape index (κ2) is 7.93. The van der Waals surface area contributed by atoms with E-state index in [4.69, 9.17) is 5.11 Å². The predicted molar refractivity (Wildman–Crippen MR) is 80.9 cm³/mol. The number of likely N-dealkylation sites (tertiary alicyclic amines) is 1. The Morgan fingerprint density at radius 2 is 2.19 bits per heavy atom. The number of aliphatic hydroxyl groups is 1. The van der Waals surface area contributed by atoms with Crippen molar-refractivity contribution in [2.45, 2.75) is 32.6 Å². The Hall–Kier alpha value is -1.69. The summed E-state index contributed by atoms with van der Waals surface area (Å²) in [5.74, 6) is 1.46. The van der Waals surface area contributed by atoms with Gasteiger partial charge in [-0.3, -0.25) is 9.78 Å². The Morgan fingerprint density at radius 1 is 1.38 bits per heavy atom. The van der Waals surface area contributed by atoms with Crippen LogP contribution in [0.5, 0.6) is 0 Å². The van der Waals surface area contributed by atoms with Crippen LogP contribution in [0.2, 0.25) is 0 Å². The van der Waals surface area contributed by atoms with E-state index in [0.29, 0.717) is 12.5 Å².